The van der Waals surface area contributed by atoms with Crippen LogP contribution in [0.2, 0.25) is 0 Å². The number of fused-ring (bicyclic) bond motifs is 2. The zero-order valence-corrected chi connectivity index (χ0v) is 15.2. The highest BCUT2D eigenvalue weighted by molar-refractivity contribution is 5.88. The molecule has 3 saturated heterocycles. The Morgan fingerprint density at radius 3 is 2.79 bits per heavy atom. The molecule has 2 bridgehead atoms. The number of nitrogens with one attached hydrogen (secondary N) is 2. The second-order valence-electron chi connectivity index (χ2n) is 7.20. The van der Waals surface area contributed by atoms with Gasteiger partial charge in [0, 0.05) is 12.6 Å². The molecule has 3 amide bonds. The van der Waals surface area contributed by atoms with Crippen molar-refractivity contribution in [3.63, 3.8) is 0 Å². The normalized spacial score (nSPS) is 28.2. The summed E-state index contributed by atoms with van der Waals surface area (Å²) in [6, 6.07) is -2.46. The lowest BCUT2D eigenvalue weighted by Crippen LogP contribution is -2.50. The van der Waals surface area contributed by atoms with Crippen molar-refractivity contribution in [2.45, 2.75) is 62.8 Å². The van der Waals surface area contributed by atoms with Gasteiger partial charge in [-0.2, -0.15) is 18.7 Å². The highest BCUT2D eigenvalue weighted by atomic mass is 19.3. The lowest BCUT2D eigenvalue weighted by Gasteiger charge is -2.29. The highest BCUT2D eigenvalue weighted by Crippen LogP contribution is 2.33. The third kappa shape index (κ3) is 4.50. The van der Waals surface area contributed by atoms with Gasteiger partial charge < -0.3 is 15.3 Å². The number of amides is 3. The monoisotopic (exact) mass is 406 g/mol. The molecule has 3 aliphatic heterocycles. The number of aliphatic carboxylic acids is 1. The Hall–Kier alpha value is -2.05. The molecular formula is C16H24F2N4O6. The molecule has 10 nitrogen and oxygen atoms in total. The van der Waals surface area contributed by atoms with E-state index in [2.05, 4.69) is 15.6 Å². The van der Waals surface area contributed by atoms with Crippen LogP contribution in [0.15, 0.2) is 0 Å². The van der Waals surface area contributed by atoms with Gasteiger partial charge in [0.25, 0.3) is 5.91 Å². The summed E-state index contributed by atoms with van der Waals surface area (Å²) < 4.78 is 26.6. The van der Waals surface area contributed by atoms with Crippen LogP contribution < -0.4 is 10.8 Å². The van der Waals surface area contributed by atoms with E-state index < -0.39 is 36.1 Å². The maximum atomic E-state index is 13.3. The summed E-state index contributed by atoms with van der Waals surface area (Å²) >= 11 is 0. The van der Waals surface area contributed by atoms with E-state index >= 15 is 0 Å². The number of hydrogen-bond donors (Lipinski definition) is 3. The van der Waals surface area contributed by atoms with Crippen molar-refractivity contribution in [2.24, 2.45) is 0 Å². The number of halogens is 2. The maximum absolute atomic E-state index is 13.3. The number of nitrogens with zero attached hydrogens (tertiary/aromatic N) is 2. The molecule has 12 heteroatoms. The summed E-state index contributed by atoms with van der Waals surface area (Å²) in [5.74, 6) is -3.04. The largest absolute Gasteiger partial charge is 0.476 e. The topological polar surface area (TPSA) is 120 Å². The van der Waals surface area contributed by atoms with E-state index in [4.69, 9.17) is 9.94 Å². The zero-order chi connectivity index (χ0) is 20.3. The molecule has 28 heavy (non-hydrogen) atoms. The molecule has 3 fully saturated rings. The molecule has 0 aromatic carbocycles. The summed E-state index contributed by atoms with van der Waals surface area (Å²) in [4.78, 5) is 45.8. The van der Waals surface area contributed by atoms with Crippen LogP contribution >= 0.6 is 0 Å². The Morgan fingerprint density at radius 1 is 1.25 bits per heavy atom. The first-order valence-corrected chi connectivity index (χ1v) is 9.35. The number of carbonyl (C=O) groups is 3. The number of piperidine rings is 1. The first kappa shape index (κ1) is 20.7. The second-order valence-corrected chi connectivity index (χ2v) is 7.20. The van der Waals surface area contributed by atoms with Crippen molar-refractivity contribution < 1.29 is 37.9 Å². The van der Waals surface area contributed by atoms with Crippen LogP contribution in [0, 0.1) is 0 Å². The van der Waals surface area contributed by atoms with Gasteiger partial charge >= 0.3 is 18.1 Å². The molecular weight excluding hydrogens is 382 g/mol. The smallest absolute Gasteiger partial charge is 0.475 e. The predicted octanol–water partition coefficient (Wildman–Crippen LogP) is 0.444. The SMILES string of the molecule is O=C(NOC[C@H]1CCCCCN1)[C@@H]1CCC2CN1C(=O)N2OC(F)(F)C(=O)O. The van der Waals surface area contributed by atoms with Crippen molar-refractivity contribution in [1.29, 1.82) is 0 Å². The van der Waals surface area contributed by atoms with Gasteiger partial charge in [-0.1, -0.05) is 12.8 Å². The maximum Gasteiger partial charge on any atom is 0.476 e. The van der Waals surface area contributed by atoms with E-state index in [0.29, 0.717) is 5.06 Å². The molecule has 3 aliphatic rings. The van der Waals surface area contributed by atoms with E-state index in [9.17, 15) is 23.2 Å². The second kappa shape index (κ2) is 8.53. The number of carboxylic acid groups (broad SMARTS) is 1. The van der Waals surface area contributed by atoms with Crippen molar-refractivity contribution in [3.05, 3.63) is 0 Å². The summed E-state index contributed by atoms with van der Waals surface area (Å²) in [7, 11) is 0. The van der Waals surface area contributed by atoms with Crippen molar-refractivity contribution >= 4 is 17.9 Å². The van der Waals surface area contributed by atoms with Crippen LogP contribution in [-0.4, -0.2) is 76.9 Å². The predicted molar refractivity (Wildman–Crippen MR) is 88.8 cm³/mol. The third-order valence-corrected chi connectivity index (χ3v) is 5.21. The summed E-state index contributed by atoms with van der Waals surface area (Å²) in [6.07, 6.45) is 0.193. The molecule has 3 heterocycles. The highest BCUT2D eigenvalue weighted by Gasteiger charge is 2.53. The zero-order valence-electron chi connectivity index (χ0n) is 15.2. The first-order valence-electron chi connectivity index (χ1n) is 9.35. The van der Waals surface area contributed by atoms with Gasteiger partial charge in [0.1, 0.15) is 6.04 Å². The van der Waals surface area contributed by atoms with E-state index in [-0.39, 0.29) is 32.0 Å². The Kier molecular flexibility index (Phi) is 6.30. The van der Waals surface area contributed by atoms with Crippen molar-refractivity contribution in [1.82, 2.24) is 20.8 Å². The number of alkyl halides is 2. The van der Waals surface area contributed by atoms with Crippen LogP contribution in [0.3, 0.4) is 0 Å². The van der Waals surface area contributed by atoms with Crippen LogP contribution in [0.5, 0.6) is 0 Å². The van der Waals surface area contributed by atoms with E-state index in [0.717, 1.165) is 37.1 Å². The minimum atomic E-state index is -4.53. The summed E-state index contributed by atoms with van der Waals surface area (Å²) in [5.41, 5.74) is 2.33. The minimum Gasteiger partial charge on any atom is -0.475 e. The number of carboxylic acids is 1. The number of urea groups is 1. The lowest BCUT2D eigenvalue weighted by atomic mass is 10.0. The van der Waals surface area contributed by atoms with Crippen LogP contribution in [0.4, 0.5) is 13.6 Å². The molecule has 3 atom stereocenters. The van der Waals surface area contributed by atoms with Gasteiger partial charge in [-0.05, 0) is 32.2 Å². The fourth-order valence-corrected chi connectivity index (χ4v) is 3.71. The number of hydrogen-bond acceptors (Lipinski definition) is 6. The standard InChI is InChI=1S/C16H24F2N4O6/c17-16(18,14(24)25)28-22-11-5-6-12(21(8-11)15(22)26)13(23)20-27-9-10-4-2-1-3-7-19-10/h10-12,19H,1-9H2,(H,20,23)(H,24,25)/t10-,11?,12+/m1/s1. The molecule has 0 radical (unpaired) electrons. The molecule has 3 N–H and O–H groups in total. The third-order valence-electron chi connectivity index (χ3n) is 5.21. The van der Waals surface area contributed by atoms with Gasteiger partial charge in [0.05, 0.1) is 12.6 Å². The minimum absolute atomic E-state index is 0.00317. The molecule has 1 unspecified atom stereocenters. The summed E-state index contributed by atoms with van der Waals surface area (Å²) in [5, 5.41) is 12.2. The van der Waals surface area contributed by atoms with Crippen molar-refractivity contribution in [2.75, 3.05) is 19.7 Å². The average Bonchev–Trinajstić information content (AvgIpc) is 2.85. The Balaban J connectivity index is 1.51. The van der Waals surface area contributed by atoms with Crippen LogP contribution in [0.1, 0.15) is 38.5 Å². The van der Waals surface area contributed by atoms with Crippen LogP contribution in [0.25, 0.3) is 0 Å². The number of rotatable bonds is 7. The van der Waals surface area contributed by atoms with Crippen LogP contribution in [-0.2, 0) is 19.3 Å². The Morgan fingerprint density at radius 2 is 2.04 bits per heavy atom. The van der Waals surface area contributed by atoms with Gasteiger partial charge in [0.2, 0.25) is 0 Å². The van der Waals surface area contributed by atoms with Crippen molar-refractivity contribution in [3.8, 4) is 0 Å². The van der Waals surface area contributed by atoms with Gasteiger partial charge in [-0.3, -0.25) is 9.63 Å². The van der Waals surface area contributed by atoms with Gasteiger partial charge in [0.15, 0.2) is 0 Å². The lowest BCUT2D eigenvalue weighted by molar-refractivity contribution is -0.327. The fourth-order valence-electron chi connectivity index (χ4n) is 3.71. The first-order chi connectivity index (χ1) is 13.3. The van der Waals surface area contributed by atoms with E-state index in [1.54, 1.807) is 0 Å². The van der Waals surface area contributed by atoms with E-state index in [1.165, 1.54) is 0 Å². The molecule has 0 spiro atoms. The van der Waals surface area contributed by atoms with Gasteiger partial charge in [-0.25, -0.2) is 15.1 Å². The Bertz CT molecular complexity index is 614. The average molecular weight is 406 g/mol. The quantitative estimate of drug-likeness (QED) is 0.525. The Labute approximate surface area is 160 Å². The number of hydroxylamine groups is 3. The molecule has 158 valence electrons. The molecule has 0 saturated carbocycles. The van der Waals surface area contributed by atoms with E-state index in [1.807, 2.05) is 0 Å². The fraction of sp³-hybridized carbons (Fsp3) is 0.812. The molecule has 0 aliphatic carbocycles. The number of carbonyl (C=O) groups excluding carboxylic acids is 2. The molecule has 0 aromatic heterocycles. The van der Waals surface area contributed by atoms with Gasteiger partial charge in [-0.15, -0.1) is 0 Å². The summed E-state index contributed by atoms with van der Waals surface area (Å²) in [6.45, 7) is 1.18. The molecule has 0 aromatic rings. The molecule has 3 rings (SSSR count).